The van der Waals surface area contributed by atoms with Crippen LogP contribution in [0.1, 0.15) is 38.1 Å². The SMILES string of the molecule is CCOC(=O)C1=C(C)N=c2s/c(=C/c3ccnn3CC)c(=O)n2[C@@H]1c1ccc(N(C)C)cc1. The number of aryl methyl sites for hydroxylation is 1. The Morgan fingerprint density at radius 3 is 2.58 bits per heavy atom. The first kappa shape index (κ1) is 22.7. The smallest absolute Gasteiger partial charge is 0.338 e. The molecule has 172 valence electrons. The summed E-state index contributed by atoms with van der Waals surface area (Å²) in [4.78, 5) is 33.7. The number of esters is 1. The molecule has 0 N–H and O–H groups in total. The molecule has 33 heavy (non-hydrogen) atoms. The number of fused-ring (bicyclic) bond motifs is 1. The van der Waals surface area contributed by atoms with Crippen LogP contribution < -0.4 is 19.8 Å². The highest BCUT2D eigenvalue weighted by atomic mass is 32.1. The Hall–Kier alpha value is -3.46. The topological polar surface area (TPSA) is 81.7 Å². The average molecular weight is 466 g/mol. The largest absolute Gasteiger partial charge is 0.463 e. The van der Waals surface area contributed by atoms with Crippen LogP contribution in [0.25, 0.3) is 6.08 Å². The highest BCUT2D eigenvalue weighted by molar-refractivity contribution is 7.07. The van der Waals surface area contributed by atoms with Crippen LogP contribution in [-0.4, -0.2) is 41.0 Å². The van der Waals surface area contributed by atoms with Gasteiger partial charge in [0.05, 0.1) is 34.1 Å². The molecule has 1 aliphatic heterocycles. The first-order valence-corrected chi connectivity index (χ1v) is 11.7. The summed E-state index contributed by atoms with van der Waals surface area (Å²) in [7, 11) is 3.93. The zero-order valence-corrected chi connectivity index (χ0v) is 20.2. The van der Waals surface area contributed by atoms with Gasteiger partial charge >= 0.3 is 5.97 Å². The lowest BCUT2D eigenvalue weighted by Gasteiger charge is -2.25. The second-order valence-corrected chi connectivity index (χ2v) is 8.87. The number of hydrogen-bond acceptors (Lipinski definition) is 7. The van der Waals surface area contributed by atoms with Gasteiger partial charge in [0.25, 0.3) is 5.56 Å². The molecule has 0 unspecified atom stereocenters. The summed E-state index contributed by atoms with van der Waals surface area (Å²) in [5, 5.41) is 4.28. The number of aromatic nitrogens is 3. The van der Waals surface area contributed by atoms with Gasteiger partial charge in [-0.15, -0.1) is 0 Å². The van der Waals surface area contributed by atoms with E-state index in [9.17, 15) is 9.59 Å². The lowest BCUT2D eigenvalue weighted by atomic mass is 9.95. The molecule has 0 aliphatic carbocycles. The third kappa shape index (κ3) is 4.16. The molecule has 9 heteroatoms. The van der Waals surface area contributed by atoms with Crippen LogP contribution in [0.5, 0.6) is 0 Å². The summed E-state index contributed by atoms with van der Waals surface area (Å²) in [6.07, 6.45) is 3.54. The third-order valence-electron chi connectivity index (χ3n) is 5.57. The molecule has 1 aliphatic rings. The van der Waals surface area contributed by atoms with E-state index in [0.717, 1.165) is 16.9 Å². The van der Waals surface area contributed by atoms with Crippen LogP contribution in [0.3, 0.4) is 0 Å². The van der Waals surface area contributed by atoms with Crippen molar-refractivity contribution in [2.75, 3.05) is 25.6 Å². The number of ether oxygens (including phenoxy) is 1. The van der Waals surface area contributed by atoms with E-state index in [2.05, 4.69) is 10.1 Å². The Morgan fingerprint density at radius 2 is 1.94 bits per heavy atom. The maximum Gasteiger partial charge on any atom is 0.338 e. The molecule has 8 nitrogen and oxygen atoms in total. The molecule has 4 rings (SSSR count). The minimum atomic E-state index is -0.616. The molecule has 1 atom stereocenters. The van der Waals surface area contributed by atoms with Gasteiger partial charge in [-0.25, -0.2) is 9.79 Å². The number of carbonyl (C=O) groups excluding carboxylic acids is 1. The number of thiazole rings is 1. The standard InChI is InChI=1S/C24H27N5O3S/c1-6-28-18(12-13-25-28)14-19-22(30)29-21(16-8-10-17(11-9-16)27(4)5)20(23(31)32-7-2)15(3)26-24(29)33-19/h8-14,21H,6-7H2,1-5H3/b19-14+/t21-/m1/s1. The zero-order valence-electron chi connectivity index (χ0n) is 19.4. The maximum absolute atomic E-state index is 13.6. The van der Waals surface area contributed by atoms with Gasteiger partial charge in [-0.05, 0) is 50.6 Å². The van der Waals surface area contributed by atoms with Crippen LogP contribution in [0, 0.1) is 0 Å². The summed E-state index contributed by atoms with van der Waals surface area (Å²) in [6.45, 7) is 6.49. The van der Waals surface area contributed by atoms with Crippen LogP contribution in [-0.2, 0) is 16.1 Å². The summed E-state index contributed by atoms with van der Waals surface area (Å²) < 4.78 is 9.31. The molecule has 0 saturated carbocycles. The van der Waals surface area contributed by atoms with Crippen molar-refractivity contribution in [1.29, 1.82) is 0 Å². The quantitative estimate of drug-likeness (QED) is 0.521. The molecule has 0 radical (unpaired) electrons. The van der Waals surface area contributed by atoms with Gasteiger partial charge in [0.1, 0.15) is 0 Å². The van der Waals surface area contributed by atoms with Gasteiger partial charge in [0.15, 0.2) is 4.80 Å². The molecule has 2 aromatic heterocycles. The highest BCUT2D eigenvalue weighted by Crippen LogP contribution is 2.31. The Bertz CT molecular complexity index is 1390. The number of benzene rings is 1. The van der Waals surface area contributed by atoms with Crippen molar-refractivity contribution in [1.82, 2.24) is 14.3 Å². The van der Waals surface area contributed by atoms with E-state index < -0.39 is 12.0 Å². The molecule has 0 fully saturated rings. The molecule has 3 aromatic rings. The van der Waals surface area contributed by atoms with E-state index in [1.165, 1.54) is 11.3 Å². The summed E-state index contributed by atoms with van der Waals surface area (Å²) >= 11 is 1.31. The van der Waals surface area contributed by atoms with Crippen LogP contribution >= 0.6 is 11.3 Å². The number of anilines is 1. The third-order valence-corrected chi connectivity index (χ3v) is 6.55. The van der Waals surface area contributed by atoms with Gasteiger partial charge in [0, 0.05) is 32.5 Å². The Labute approximate surface area is 195 Å². The van der Waals surface area contributed by atoms with Crippen LogP contribution in [0.2, 0.25) is 0 Å². The number of carbonyl (C=O) groups is 1. The molecule has 1 aromatic carbocycles. The highest BCUT2D eigenvalue weighted by Gasteiger charge is 2.33. The van der Waals surface area contributed by atoms with Crippen molar-refractivity contribution in [2.24, 2.45) is 4.99 Å². The van der Waals surface area contributed by atoms with Gasteiger partial charge in [0.2, 0.25) is 0 Å². The number of allylic oxidation sites excluding steroid dienone is 1. The maximum atomic E-state index is 13.6. The number of hydrogen-bond donors (Lipinski definition) is 0. The average Bonchev–Trinajstić information content (AvgIpc) is 3.37. The minimum absolute atomic E-state index is 0.196. The minimum Gasteiger partial charge on any atom is -0.463 e. The van der Waals surface area contributed by atoms with Crippen molar-refractivity contribution >= 4 is 29.1 Å². The van der Waals surface area contributed by atoms with Crippen molar-refractivity contribution < 1.29 is 9.53 Å². The van der Waals surface area contributed by atoms with Gasteiger partial charge in [-0.3, -0.25) is 14.0 Å². The molecule has 3 heterocycles. The normalized spacial score (nSPS) is 15.9. The van der Waals surface area contributed by atoms with E-state index in [4.69, 9.17) is 4.74 Å². The molecule has 0 amide bonds. The van der Waals surface area contributed by atoms with Crippen molar-refractivity contribution in [3.05, 3.63) is 78.7 Å². The fourth-order valence-electron chi connectivity index (χ4n) is 3.93. The Kier molecular flexibility index (Phi) is 6.33. The predicted octanol–water partition coefficient (Wildman–Crippen LogP) is 2.08. The van der Waals surface area contributed by atoms with E-state index in [-0.39, 0.29) is 12.2 Å². The molecule has 0 bridgehead atoms. The fourth-order valence-corrected chi connectivity index (χ4v) is 4.96. The summed E-state index contributed by atoms with van der Waals surface area (Å²) in [5.74, 6) is -0.459. The lowest BCUT2D eigenvalue weighted by molar-refractivity contribution is -0.139. The fraction of sp³-hybridized carbons (Fsp3) is 0.333. The predicted molar refractivity (Wildman–Crippen MR) is 129 cm³/mol. The first-order chi connectivity index (χ1) is 15.8. The lowest BCUT2D eigenvalue weighted by Crippen LogP contribution is -2.40. The number of nitrogens with zero attached hydrogens (tertiary/aromatic N) is 5. The van der Waals surface area contributed by atoms with E-state index >= 15 is 0 Å². The van der Waals surface area contributed by atoms with Crippen molar-refractivity contribution in [3.63, 3.8) is 0 Å². The molecule has 0 saturated heterocycles. The van der Waals surface area contributed by atoms with Crippen LogP contribution in [0.15, 0.2) is 57.6 Å². The molecular formula is C24H27N5O3S. The zero-order chi connectivity index (χ0) is 23.7. The monoisotopic (exact) mass is 465 g/mol. The first-order valence-electron chi connectivity index (χ1n) is 10.8. The second kappa shape index (κ2) is 9.19. The van der Waals surface area contributed by atoms with E-state index in [1.54, 1.807) is 24.6 Å². The van der Waals surface area contributed by atoms with E-state index in [1.807, 2.05) is 67.0 Å². The van der Waals surface area contributed by atoms with Gasteiger partial charge in [-0.1, -0.05) is 23.5 Å². The summed E-state index contributed by atoms with van der Waals surface area (Å²) in [6, 6.07) is 9.10. The van der Waals surface area contributed by atoms with Crippen molar-refractivity contribution in [3.8, 4) is 0 Å². The summed E-state index contributed by atoms with van der Waals surface area (Å²) in [5.41, 5.74) is 3.43. The second-order valence-electron chi connectivity index (χ2n) is 7.86. The van der Waals surface area contributed by atoms with Crippen molar-refractivity contribution in [2.45, 2.75) is 33.4 Å². The van der Waals surface area contributed by atoms with Gasteiger partial charge in [-0.2, -0.15) is 5.10 Å². The molecular weight excluding hydrogens is 438 g/mol. The van der Waals surface area contributed by atoms with Gasteiger partial charge < -0.3 is 9.64 Å². The number of rotatable bonds is 6. The van der Waals surface area contributed by atoms with E-state index in [0.29, 0.717) is 27.1 Å². The van der Waals surface area contributed by atoms with Crippen LogP contribution in [0.4, 0.5) is 5.69 Å². The Balaban J connectivity index is 1.94. The Morgan fingerprint density at radius 1 is 1.21 bits per heavy atom. The molecule has 0 spiro atoms.